The van der Waals surface area contributed by atoms with Crippen LogP contribution in [-0.4, -0.2) is 36.2 Å². The fourth-order valence-electron chi connectivity index (χ4n) is 2.83. The van der Waals surface area contributed by atoms with Crippen LogP contribution in [0.25, 0.3) is 11.1 Å². The van der Waals surface area contributed by atoms with Crippen molar-refractivity contribution in [2.75, 3.05) is 18.5 Å². The molecule has 0 saturated carbocycles. The van der Waals surface area contributed by atoms with Crippen LogP contribution in [0.15, 0.2) is 22.6 Å². The standard InChI is InChI=1S/C18H25N3O3.ClH/c1-11-16(19-7-8-23-11)17(22)20-12-5-6-14-13(9-12)21-15(24-14)10-18(2,3)4;/h5-6,9,11,16,19H,7-8,10H2,1-4H3,(H,20,22);1H/t11-,16+;/m1./s1. The van der Waals surface area contributed by atoms with Crippen molar-refractivity contribution in [2.45, 2.75) is 46.3 Å². The van der Waals surface area contributed by atoms with Gasteiger partial charge in [-0.15, -0.1) is 12.4 Å². The van der Waals surface area contributed by atoms with Crippen molar-refractivity contribution in [3.63, 3.8) is 0 Å². The first-order valence-electron chi connectivity index (χ1n) is 8.37. The van der Waals surface area contributed by atoms with E-state index in [1.165, 1.54) is 0 Å². The van der Waals surface area contributed by atoms with E-state index in [2.05, 4.69) is 36.4 Å². The number of carbonyl (C=O) groups excluding carboxylic acids is 1. The van der Waals surface area contributed by atoms with E-state index in [9.17, 15) is 4.79 Å². The van der Waals surface area contributed by atoms with E-state index in [-0.39, 0.29) is 35.9 Å². The molecule has 138 valence electrons. The number of oxazole rings is 1. The Balaban J connectivity index is 0.00000225. The van der Waals surface area contributed by atoms with Gasteiger partial charge in [-0.05, 0) is 30.5 Å². The summed E-state index contributed by atoms with van der Waals surface area (Å²) in [4.78, 5) is 16.9. The van der Waals surface area contributed by atoms with Gasteiger partial charge < -0.3 is 19.8 Å². The van der Waals surface area contributed by atoms with E-state index in [1.807, 2.05) is 25.1 Å². The van der Waals surface area contributed by atoms with Crippen molar-refractivity contribution in [3.8, 4) is 0 Å². The molecular weight excluding hydrogens is 342 g/mol. The van der Waals surface area contributed by atoms with E-state index < -0.39 is 0 Å². The second kappa shape index (κ2) is 7.72. The van der Waals surface area contributed by atoms with Crippen molar-refractivity contribution in [2.24, 2.45) is 5.41 Å². The highest BCUT2D eigenvalue weighted by Crippen LogP contribution is 2.25. The molecule has 1 saturated heterocycles. The van der Waals surface area contributed by atoms with Crippen LogP contribution >= 0.6 is 12.4 Å². The number of morpholine rings is 1. The molecule has 2 heterocycles. The molecule has 0 spiro atoms. The average molecular weight is 368 g/mol. The predicted molar refractivity (Wildman–Crippen MR) is 100 cm³/mol. The number of benzene rings is 1. The molecule has 7 heteroatoms. The molecule has 3 rings (SSSR count). The number of nitrogens with zero attached hydrogens (tertiary/aromatic N) is 1. The number of fused-ring (bicyclic) bond motifs is 1. The Bertz CT molecular complexity index is 739. The number of carbonyl (C=O) groups is 1. The van der Waals surface area contributed by atoms with Gasteiger partial charge >= 0.3 is 0 Å². The molecule has 1 aliphatic heterocycles. The van der Waals surface area contributed by atoms with Crippen LogP contribution in [0.5, 0.6) is 0 Å². The number of halogens is 1. The third-order valence-electron chi connectivity index (χ3n) is 3.98. The van der Waals surface area contributed by atoms with Gasteiger partial charge in [0.05, 0.1) is 12.7 Å². The molecule has 1 amide bonds. The fraction of sp³-hybridized carbons (Fsp3) is 0.556. The van der Waals surface area contributed by atoms with Crippen LogP contribution in [0.4, 0.5) is 5.69 Å². The third kappa shape index (κ3) is 4.93. The summed E-state index contributed by atoms with van der Waals surface area (Å²) in [6.45, 7) is 9.65. The maximum Gasteiger partial charge on any atom is 0.244 e. The zero-order valence-corrected chi connectivity index (χ0v) is 15.9. The minimum atomic E-state index is -0.344. The highest BCUT2D eigenvalue weighted by atomic mass is 35.5. The van der Waals surface area contributed by atoms with Crippen LogP contribution in [0, 0.1) is 5.41 Å². The summed E-state index contributed by atoms with van der Waals surface area (Å²) >= 11 is 0. The molecule has 2 N–H and O–H groups in total. The van der Waals surface area contributed by atoms with Crippen LogP contribution in [-0.2, 0) is 16.0 Å². The van der Waals surface area contributed by atoms with Crippen molar-refractivity contribution < 1.29 is 13.9 Å². The predicted octanol–water partition coefficient (Wildman–Crippen LogP) is 3.15. The number of rotatable bonds is 3. The average Bonchev–Trinajstić information content (AvgIpc) is 2.86. The minimum Gasteiger partial charge on any atom is -0.441 e. The fourth-order valence-corrected chi connectivity index (χ4v) is 2.83. The molecule has 25 heavy (non-hydrogen) atoms. The number of hydrogen-bond donors (Lipinski definition) is 2. The molecule has 0 aliphatic carbocycles. The lowest BCUT2D eigenvalue weighted by molar-refractivity contribution is -0.123. The maximum absolute atomic E-state index is 12.4. The minimum absolute atomic E-state index is 0. The van der Waals surface area contributed by atoms with E-state index in [0.717, 1.165) is 23.4 Å². The summed E-state index contributed by atoms with van der Waals surface area (Å²) in [6.07, 6.45) is 0.623. The first kappa shape index (κ1) is 19.7. The Morgan fingerprint density at radius 1 is 1.40 bits per heavy atom. The topological polar surface area (TPSA) is 76.4 Å². The lowest BCUT2D eigenvalue weighted by atomic mass is 9.92. The summed E-state index contributed by atoms with van der Waals surface area (Å²) in [5.74, 6) is 0.622. The smallest absolute Gasteiger partial charge is 0.244 e. The monoisotopic (exact) mass is 367 g/mol. The van der Waals surface area contributed by atoms with E-state index in [1.54, 1.807) is 0 Å². The second-order valence-electron chi connectivity index (χ2n) is 7.52. The molecule has 2 atom stereocenters. The van der Waals surface area contributed by atoms with Crippen LogP contribution in [0.3, 0.4) is 0 Å². The SMILES string of the molecule is C[C@H]1OCCN[C@@H]1C(=O)Nc1ccc2oc(CC(C)(C)C)nc2c1.Cl. The molecule has 1 aromatic carbocycles. The zero-order chi connectivity index (χ0) is 17.3. The number of ether oxygens (including phenoxy) is 1. The van der Waals surface area contributed by atoms with Crippen LogP contribution < -0.4 is 10.6 Å². The van der Waals surface area contributed by atoms with Gasteiger partial charge in [-0.3, -0.25) is 4.79 Å². The van der Waals surface area contributed by atoms with Crippen LogP contribution in [0.2, 0.25) is 0 Å². The van der Waals surface area contributed by atoms with E-state index in [0.29, 0.717) is 18.8 Å². The number of hydrogen-bond acceptors (Lipinski definition) is 5. The largest absolute Gasteiger partial charge is 0.441 e. The van der Waals surface area contributed by atoms with Crippen molar-refractivity contribution >= 4 is 35.1 Å². The number of amides is 1. The van der Waals surface area contributed by atoms with Gasteiger partial charge in [-0.25, -0.2) is 4.98 Å². The third-order valence-corrected chi connectivity index (χ3v) is 3.98. The first-order valence-corrected chi connectivity index (χ1v) is 8.37. The van der Waals surface area contributed by atoms with Gasteiger partial charge in [0.25, 0.3) is 0 Å². The number of nitrogens with one attached hydrogen (secondary N) is 2. The quantitative estimate of drug-likeness (QED) is 0.871. The lowest BCUT2D eigenvalue weighted by Crippen LogP contribution is -2.53. The Morgan fingerprint density at radius 2 is 2.16 bits per heavy atom. The van der Waals surface area contributed by atoms with Crippen molar-refractivity contribution in [1.82, 2.24) is 10.3 Å². The van der Waals surface area contributed by atoms with Gasteiger partial charge in [0.1, 0.15) is 11.6 Å². The van der Waals surface area contributed by atoms with Crippen molar-refractivity contribution in [3.05, 3.63) is 24.1 Å². The molecule has 0 radical (unpaired) electrons. The molecule has 6 nitrogen and oxygen atoms in total. The molecule has 1 aliphatic rings. The number of anilines is 1. The molecule has 1 fully saturated rings. The zero-order valence-electron chi connectivity index (χ0n) is 15.1. The highest BCUT2D eigenvalue weighted by molar-refractivity contribution is 5.96. The van der Waals surface area contributed by atoms with Gasteiger partial charge in [-0.1, -0.05) is 20.8 Å². The van der Waals surface area contributed by atoms with Gasteiger partial charge in [0, 0.05) is 18.7 Å². The molecule has 0 unspecified atom stereocenters. The van der Waals surface area contributed by atoms with E-state index >= 15 is 0 Å². The first-order chi connectivity index (χ1) is 11.3. The van der Waals surface area contributed by atoms with Crippen molar-refractivity contribution in [1.29, 1.82) is 0 Å². The lowest BCUT2D eigenvalue weighted by Gasteiger charge is -2.29. The normalized spacial score (nSPS) is 21.0. The summed E-state index contributed by atoms with van der Waals surface area (Å²) in [6, 6.07) is 5.18. The van der Waals surface area contributed by atoms with E-state index in [4.69, 9.17) is 9.15 Å². The Morgan fingerprint density at radius 3 is 2.84 bits per heavy atom. The second-order valence-corrected chi connectivity index (χ2v) is 7.52. The van der Waals surface area contributed by atoms with Gasteiger partial charge in [0.2, 0.25) is 5.91 Å². The Hall–Kier alpha value is -1.63. The summed E-state index contributed by atoms with van der Waals surface area (Å²) in [5.41, 5.74) is 2.32. The number of aromatic nitrogens is 1. The summed E-state index contributed by atoms with van der Waals surface area (Å²) in [5, 5.41) is 6.11. The summed E-state index contributed by atoms with van der Waals surface area (Å²) < 4.78 is 11.3. The Kier molecular flexibility index (Phi) is 6.08. The molecule has 0 bridgehead atoms. The van der Waals surface area contributed by atoms with Crippen LogP contribution in [0.1, 0.15) is 33.6 Å². The van der Waals surface area contributed by atoms with Gasteiger partial charge in [0.15, 0.2) is 11.5 Å². The molecule has 1 aromatic heterocycles. The molecule has 2 aromatic rings. The highest BCUT2D eigenvalue weighted by Gasteiger charge is 2.28. The van der Waals surface area contributed by atoms with Gasteiger partial charge in [-0.2, -0.15) is 0 Å². The maximum atomic E-state index is 12.4. The summed E-state index contributed by atoms with van der Waals surface area (Å²) in [7, 11) is 0. The Labute approximate surface area is 154 Å². The molecular formula is C18H26ClN3O3.